The first-order valence-electron chi connectivity index (χ1n) is 8.86. The van der Waals surface area contributed by atoms with Gasteiger partial charge < -0.3 is 15.5 Å². The van der Waals surface area contributed by atoms with Crippen LogP contribution >= 0.6 is 0 Å². The smallest absolute Gasteiger partial charge is 0.226 e. The van der Waals surface area contributed by atoms with Gasteiger partial charge in [-0.3, -0.25) is 14.4 Å². The van der Waals surface area contributed by atoms with Crippen LogP contribution in [0.15, 0.2) is 54.6 Å². The van der Waals surface area contributed by atoms with Crippen LogP contribution in [0.1, 0.15) is 38.8 Å². The van der Waals surface area contributed by atoms with Gasteiger partial charge in [-0.1, -0.05) is 30.3 Å². The minimum Gasteiger partial charge on any atom is -0.336 e. The van der Waals surface area contributed by atoms with E-state index in [2.05, 4.69) is 10.6 Å². The standard InChI is InChI=1S/C21H25N3O3/c1-15(18-7-5-4-6-8-18)24(17(3)26)14-13-21(27)23-20-11-9-19(10-12-20)22-16(2)25/h4-12,15H,13-14H2,1-3H3,(H,22,25)(H,23,27). The second-order valence-electron chi connectivity index (χ2n) is 6.36. The minimum absolute atomic E-state index is 0.0705. The Labute approximate surface area is 159 Å². The topological polar surface area (TPSA) is 78.5 Å². The van der Waals surface area contributed by atoms with Gasteiger partial charge >= 0.3 is 0 Å². The molecule has 142 valence electrons. The first-order chi connectivity index (χ1) is 12.9. The van der Waals surface area contributed by atoms with Crippen molar-refractivity contribution in [2.75, 3.05) is 17.2 Å². The summed E-state index contributed by atoms with van der Waals surface area (Å²) in [7, 11) is 0. The molecular formula is C21H25N3O3. The number of hydrogen-bond acceptors (Lipinski definition) is 3. The summed E-state index contributed by atoms with van der Waals surface area (Å²) < 4.78 is 0. The molecule has 0 spiro atoms. The Balaban J connectivity index is 1.92. The predicted molar refractivity (Wildman–Crippen MR) is 106 cm³/mol. The third-order valence-corrected chi connectivity index (χ3v) is 4.22. The number of nitrogens with zero attached hydrogens (tertiary/aromatic N) is 1. The Kier molecular flexibility index (Phi) is 7.11. The molecule has 2 aromatic carbocycles. The van der Waals surface area contributed by atoms with E-state index in [1.807, 2.05) is 37.3 Å². The molecule has 0 bridgehead atoms. The maximum Gasteiger partial charge on any atom is 0.226 e. The first kappa shape index (κ1) is 20.2. The quantitative estimate of drug-likeness (QED) is 0.785. The van der Waals surface area contributed by atoms with Gasteiger partial charge in [0.2, 0.25) is 17.7 Å². The molecule has 0 aromatic heterocycles. The molecule has 1 atom stereocenters. The highest BCUT2D eigenvalue weighted by Crippen LogP contribution is 2.20. The number of carbonyl (C=O) groups is 3. The molecule has 0 aliphatic carbocycles. The van der Waals surface area contributed by atoms with Crippen LogP contribution in [0.5, 0.6) is 0 Å². The normalized spacial score (nSPS) is 11.4. The molecule has 0 aliphatic rings. The van der Waals surface area contributed by atoms with E-state index in [1.54, 1.807) is 29.2 Å². The van der Waals surface area contributed by atoms with Crippen LogP contribution in [0.25, 0.3) is 0 Å². The van der Waals surface area contributed by atoms with Crippen LogP contribution in [0.3, 0.4) is 0 Å². The van der Waals surface area contributed by atoms with Gasteiger partial charge in [-0.05, 0) is 36.8 Å². The Morgan fingerprint density at radius 3 is 1.96 bits per heavy atom. The minimum atomic E-state index is -0.172. The molecule has 1 unspecified atom stereocenters. The summed E-state index contributed by atoms with van der Waals surface area (Å²) in [6.45, 7) is 5.24. The average Bonchev–Trinajstić information content (AvgIpc) is 2.63. The molecular weight excluding hydrogens is 342 g/mol. The van der Waals surface area contributed by atoms with Gasteiger partial charge in [-0.15, -0.1) is 0 Å². The summed E-state index contributed by atoms with van der Waals surface area (Å²) in [4.78, 5) is 37.0. The van der Waals surface area contributed by atoms with Crippen molar-refractivity contribution in [2.45, 2.75) is 33.2 Å². The molecule has 0 aliphatic heterocycles. The molecule has 2 rings (SSSR count). The number of nitrogens with one attached hydrogen (secondary N) is 2. The van der Waals surface area contributed by atoms with Crippen LogP contribution in [0.4, 0.5) is 11.4 Å². The van der Waals surface area contributed by atoms with E-state index in [0.29, 0.717) is 17.9 Å². The number of amides is 3. The second kappa shape index (κ2) is 9.52. The average molecular weight is 367 g/mol. The third kappa shape index (κ3) is 6.26. The Hall–Kier alpha value is -3.15. The number of rotatable bonds is 7. The molecule has 27 heavy (non-hydrogen) atoms. The summed E-state index contributed by atoms with van der Waals surface area (Å²) in [6, 6.07) is 16.5. The summed E-state index contributed by atoms with van der Waals surface area (Å²) in [6.07, 6.45) is 0.199. The third-order valence-electron chi connectivity index (χ3n) is 4.22. The highest BCUT2D eigenvalue weighted by Gasteiger charge is 2.19. The maximum atomic E-state index is 12.2. The van der Waals surface area contributed by atoms with Crippen molar-refractivity contribution < 1.29 is 14.4 Å². The van der Waals surface area contributed by atoms with Crippen LogP contribution in [0, 0.1) is 0 Å². The monoisotopic (exact) mass is 367 g/mol. The second-order valence-corrected chi connectivity index (χ2v) is 6.36. The molecule has 3 amide bonds. The van der Waals surface area contributed by atoms with Crippen molar-refractivity contribution in [3.05, 3.63) is 60.2 Å². The van der Waals surface area contributed by atoms with Crippen LogP contribution < -0.4 is 10.6 Å². The SMILES string of the molecule is CC(=O)Nc1ccc(NC(=O)CCN(C(C)=O)C(C)c2ccccc2)cc1. The fraction of sp³-hybridized carbons (Fsp3) is 0.286. The summed E-state index contributed by atoms with van der Waals surface area (Å²) >= 11 is 0. The fourth-order valence-electron chi connectivity index (χ4n) is 2.82. The first-order valence-corrected chi connectivity index (χ1v) is 8.86. The summed E-state index contributed by atoms with van der Waals surface area (Å²) in [5.74, 6) is -0.392. The van der Waals surface area contributed by atoms with Crippen molar-refractivity contribution >= 4 is 29.1 Å². The largest absolute Gasteiger partial charge is 0.336 e. The molecule has 0 saturated carbocycles. The Morgan fingerprint density at radius 1 is 0.889 bits per heavy atom. The molecule has 2 aromatic rings. The van der Waals surface area contributed by atoms with Crippen LogP contribution in [0.2, 0.25) is 0 Å². The maximum absolute atomic E-state index is 12.2. The lowest BCUT2D eigenvalue weighted by molar-refractivity contribution is -0.131. The molecule has 0 heterocycles. The van der Waals surface area contributed by atoms with Crippen molar-refractivity contribution in [1.29, 1.82) is 0 Å². The summed E-state index contributed by atoms with van der Waals surface area (Å²) in [5.41, 5.74) is 2.33. The van der Waals surface area contributed by atoms with Gasteiger partial charge in [0.05, 0.1) is 6.04 Å². The van der Waals surface area contributed by atoms with E-state index < -0.39 is 0 Å². The highest BCUT2D eigenvalue weighted by atomic mass is 16.2. The summed E-state index contributed by atoms with van der Waals surface area (Å²) in [5, 5.41) is 5.48. The zero-order valence-electron chi connectivity index (χ0n) is 15.9. The molecule has 0 saturated heterocycles. The number of anilines is 2. The van der Waals surface area contributed by atoms with Crippen LogP contribution in [-0.4, -0.2) is 29.2 Å². The van der Waals surface area contributed by atoms with Crippen molar-refractivity contribution in [1.82, 2.24) is 4.90 Å². The molecule has 2 N–H and O–H groups in total. The molecule has 0 radical (unpaired) electrons. The lowest BCUT2D eigenvalue weighted by atomic mass is 10.1. The molecule has 6 heteroatoms. The Morgan fingerprint density at radius 2 is 1.44 bits per heavy atom. The highest BCUT2D eigenvalue weighted by molar-refractivity contribution is 5.92. The van der Waals surface area contributed by atoms with Gasteiger partial charge in [-0.2, -0.15) is 0 Å². The number of hydrogen-bond donors (Lipinski definition) is 2. The Bertz CT molecular complexity index is 788. The van der Waals surface area contributed by atoms with Gasteiger partial charge in [0.15, 0.2) is 0 Å². The number of carbonyl (C=O) groups excluding carboxylic acids is 3. The molecule has 6 nitrogen and oxygen atoms in total. The zero-order valence-corrected chi connectivity index (χ0v) is 15.9. The predicted octanol–water partition coefficient (Wildman–Crippen LogP) is 3.58. The van der Waals surface area contributed by atoms with E-state index >= 15 is 0 Å². The zero-order chi connectivity index (χ0) is 19.8. The van der Waals surface area contributed by atoms with Gasteiger partial charge in [0.25, 0.3) is 0 Å². The lowest BCUT2D eigenvalue weighted by Crippen LogP contribution is -2.34. The lowest BCUT2D eigenvalue weighted by Gasteiger charge is -2.28. The van der Waals surface area contributed by atoms with E-state index in [9.17, 15) is 14.4 Å². The van der Waals surface area contributed by atoms with Crippen molar-refractivity contribution in [3.8, 4) is 0 Å². The van der Waals surface area contributed by atoms with E-state index in [0.717, 1.165) is 5.56 Å². The van der Waals surface area contributed by atoms with Gasteiger partial charge in [0, 0.05) is 38.2 Å². The van der Waals surface area contributed by atoms with Crippen molar-refractivity contribution in [3.63, 3.8) is 0 Å². The van der Waals surface area contributed by atoms with Gasteiger partial charge in [0.1, 0.15) is 0 Å². The van der Waals surface area contributed by atoms with E-state index in [-0.39, 0.29) is 30.2 Å². The van der Waals surface area contributed by atoms with Crippen molar-refractivity contribution in [2.24, 2.45) is 0 Å². The van der Waals surface area contributed by atoms with E-state index in [1.165, 1.54) is 13.8 Å². The van der Waals surface area contributed by atoms with Crippen LogP contribution in [-0.2, 0) is 14.4 Å². The number of benzene rings is 2. The van der Waals surface area contributed by atoms with Gasteiger partial charge in [-0.25, -0.2) is 0 Å². The van der Waals surface area contributed by atoms with E-state index in [4.69, 9.17) is 0 Å². The molecule has 0 fully saturated rings. The fourth-order valence-corrected chi connectivity index (χ4v) is 2.82.